The quantitative estimate of drug-likeness (QED) is 0.614. The van der Waals surface area contributed by atoms with Crippen molar-refractivity contribution in [2.75, 3.05) is 0 Å². The monoisotopic (exact) mass is 216 g/mol. The standard InChI is InChI=1S/C11H24N2O2/c1-5-11(12,6-2)10(15)13-8(3)7-9(4)14/h8-9,14H,5-7,12H2,1-4H3,(H,13,15). The molecule has 0 aromatic carbocycles. The lowest BCUT2D eigenvalue weighted by molar-refractivity contribution is -0.127. The molecule has 0 aromatic heterocycles. The summed E-state index contributed by atoms with van der Waals surface area (Å²) in [5.41, 5.74) is 5.17. The predicted octanol–water partition coefficient (Wildman–Crippen LogP) is 0.779. The second-order valence-corrected chi connectivity index (χ2v) is 4.32. The van der Waals surface area contributed by atoms with Gasteiger partial charge in [0.2, 0.25) is 5.91 Å². The maximum atomic E-state index is 11.8. The number of carbonyl (C=O) groups is 1. The lowest BCUT2D eigenvalue weighted by Gasteiger charge is -2.27. The summed E-state index contributed by atoms with van der Waals surface area (Å²) < 4.78 is 0. The zero-order valence-corrected chi connectivity index (χ0v) is 10.2. The Hall–Kier alpha value is -0.610. The largest absolute Gasteiger partial charge is 0.393 e. The van der Waals surface area contributed by atoms with Gasteiger partial charge in [0.05, 0.1) is 11.6 Å². The van der Waals surface area contributed by atoms with Crippen molar-refractivity contribution >= 4 is 5.91 Å². The van der Waals surface area contributed by atoms with E-state index in [-0.39, 0.29) is 11.9 Å². The van der Waals surface area contributed by atoms with Crippen molar-refractivity contribution in [1.29, 1.82) is 0 Å². The normalized spacial score (nSPS) is 15.9. The van der Waals surface area contributed by atoms with E-state index in [0.717, 1.165) is 0 Å². The van der Waals surface area contributed by atoms with Crippen molar-refractivity contribution in [3.8, 4) is 0 Å². The molecular formula is C11H24N2O2. The highest BCUT2D eigenvalue weighted by atomic mass is 16.3. The highest BCUT2D eigenvalue weighted by molar-refractivity contribution is 5.86. The van der Waals surface area contributed by atoms with Crippen LogP contribution in [0, 0.1) is 0 Å². The number of aliphatic hydroxyl groups is 1. The number of nitrogens with two attached hydrogens (primary N) is 1. The van der Waals surface area contributed by atoms with Crippen LogP contribution in [0.5, 0.6) is 0 Å². The van der Waals surface area contributed by atoms with Crippen molar-refractivity contribution in [2.45, 2.75) is 64.6 Å². The van der Waals surface area contributed by atoms with Crippen LogP contribution in [0.15, 0.2) is 0 Å². The summed E-state index contributed by atoms with van der Waals surface area (Å²) in [4.78, 5) is 11.8. The summed E-state index contributed by atoms with van der Waals surface area (Å²) in [6, 6.07) is -0.0430. The average Bonchev–Trinajstić information content (AvgIpc) is 2.15. The minimum absolute atomic E-state index is 0.0430. The first-order valence-corrected chi connectivity index (χ1v) is 5.63. The molecule has 4 N–H and O–H groups in total. The third kappa shape index (κ3) is 4.62. The van der Waals surface area contributed by atoms with Gasteiger partial charge in [-0.05, 0) is 33.1 Å². The van der Waals surface area contributed by atoms with E-state index >= 15 is 0 Å². The van der Waals surface area contributed by atoms with Crippen LogP contribution in [-0.4, -0.2) is 28.7 Å². The minimum atomic E-state index is -0.771. The van der Waals surface area contributed by atoms with Crippen LogP contribution in [0.4, 0.5) is 0 Å². The van der Waals surface area contributed by atoms with Crippen LogP contribution >= 0.6 is 0 Å². The molecular weight excluding hydrogens is 192 g/mol. The Morgan fingerprint density at radius 2 is 1.87 bits per heavy atom. The van der Waals surface area contributed by atoms with Crippen molar-refractivity contribution in [2.24, 2.45) is 5.73 Å². The lowest BCUT2D eigenvalue weighted by atomic mass is 9.92. The van der Waals surface area contributed by atoms with E-state index in [2.05, 4.69) is 5.32 Å². The van der Waals surface area contributed by atoms with Gasteiger partial charge >= 0.3 is 0 Å². The zero-order chi connectivity index (χ0) is 12.1. The fraction of sp³-hybridized carbons (Fsp3) is 0.909. The Kier molecular flexibility index (Phi) is 5.83. The summed E-state index contributed by atoms with van der Waals surface area (Å²) in [7, 11) is 0. The Labute approximate surface area is 92.2 Å². The number of nitrogens with one attached hydrogen (secondary N) is 1. The average molecular weight is 216 g/mol. The molecule has 0 aliphatic heterocycles. The molecule has 0 rings (SSSR count). The number of carbonyl (C=O) groups excluding carboxylic acids is 1. The van der Waals surface area contributed by atoms with E-state index in [0.29, 0.717) is 19.3 Å². The molecule has 0 saturated heterocycles. The van der Waals surface area contributed by atoms with Crippen molar-refractivity contribution < 1.29 is 9.90 Å². The molecule has 90 valence electrons. The van der Waals surface area contributed by atoms with Gasteiger partial charge in [0.25, 0.3) is 0 Å². The lowest BCUT2D eigenvalue weighted by Crippen LogP contribution is -2.55. The summed E-state index contributed by atoms with van der Waals surface area (Å²) in [6.07, 6.45) is 1.39. The van der Waals surface area contributed by atoms with Gasteiger partial charge in [0.15, 0.2) is 0 Å². The van der Waals surface area contributed by atoms with Gasteiger partial charge in [0.1, 0.15) is 0 Å². The molecule has 0 fully saturated rings. The molecule has 0 heterocycles. The van der Waals surface area contributed by atoms with Gasteiger partial charge < -0.3 is 16.2 Å². The molecule has 15 heavy (non-hydrogen) atoms. The van der Waals surface area contributed by atoms with Crippen LogP contribution in [0.1, 0.15) is 47.0 Å². The van der Waals surface area contributed by atoms with Gasteiger partial charge in [-0.1, -0.05) is 13.8 Å². The third-order valence-corrected chi connectivity index (χ3v) is 2.79. The second-order valence-electron chi connectivity index (χ2n) is 4.32. The molecule has 2 unspecified atom stereocenters. The topological polar surface area (TPSA) is 75.4 Å². The minimum Gasteiger partial charge on any atom is -0.393 e. The van der Waals surface area contributed by atoms with Gasteiger partial charge in [0, 0.05) is 6.04 Å². The molecule has 0 aromatic rings. The zero-order valence-electron chi connectivity index (χ0n) is 10.2. The summed E-state index contributed by atoms with van der Waals surface area (Å²) in [5, 5.41) is 12.0. The molecule has 0 spiro atoms. The number of hydrogen-bond acceptors (Lipinski definition) is 3. The smallest absolute Gasteiger partial charge is 0.240 e. The number of hydrogen-bond donors (Lipinski definition) is 3. The van der Waals surface area contributed by atoms with Crippen molar-refractivity contribution in [1.82, 2.24) is 5.32 Å². The molecule has 0 aliphatic rings. The van der Waals surface area contributed by atoms with E-state index in [1.165, 1.54) is 0 Å². The first-order valence-electron chi connectivity index (χ1n) is 5.63. The van der Waals surface area contributed by atoms with Crippen LogP contribution in [0.25, 0.3) is 0 Å². The first kappa shape index (κ1) is 14.4. The first-order chi connectivity index (χ1) is 6.85. The van der Waals surface area contributed by atoms with Crippen LogP contribution in [-0.2, 0) is 4.79 Å². The van der Waals surface area contributed by atoms with Gasteiger partial charge in [-0.15, -0.1) is 0 Å². The Bertz CT molecular complexity index is 201. The predicted molar refractivity (Wildman–Crippen MR) is 61.4 cm³/mol. The highest BCUT2D eigenvalue weighted by Crippen LogP contribution is 2.12. The Balaban J connectivity index is 4.23. The van der Waals surface area contributed by atoms with Gasteiger partial charge in [-0.2, -0.15) is 0 Å². The van der Waals surface area contributed by atoms with Crippen LogP contribution < -0.4 is 11.1 Å². The van der Waals surface area contributed by atoms with Crippen LogP contribution in [0.3, 0.4) is 0 Å². The van der Waals surface area contributed by atoms with Gasteiger partial charge in [-0.25, -0.2) is 0 Å². The summed E-state index contributed by atoms with van der Waals surface area (Å²) >= 11 is 0. The number of aliphatic hydroxyl groups excluding tert-OH is 1. The molecule has 0 saturated carbocycles. The van der Waals surface area contributed by atoms with Gasteiger partial charge in [-0.3, -0.25) is 4.79 Å². The van der Waals surface area contributed by atoms with Crippen LogP contribution in [0.2, 0.25) is 0 Å². The van der Waals surface area contributed by atoms with Crippen molar-refractivity contribution in [3.63, 3.8) is 0 Å². The van der Waals surface area contributed by atoms with Crippen molar-refractivity contribution in [3.05, 3.63) is 0 Å². The molecule has 2 atom stereocenters. The molecule has 0 bridgehead atoms. The fourth-order valence-corrected chi connectivity index (χ4v) is 1.51. The third-order valence-electron chi connectivity index (χ3n) is 2.79. The molecule has 0 aliphatic carbocycles. The Morgan fingerprint density at radius 1 is 1.40 bits per heavy atom. The summed E-state index contributed by atoms with van der Waals surface area (Å²) in [6.45, 7) is 7.39. The van der Waals surface area contributed by atoms with E-state index in [1.54, 1.807) is 6.92 Å². The Morgan fingerprint density at radius 3 is 2.20 bits per heavy atom. The molecule has 0 radical (unpaired) electrons. The molecule has 4 heteroatoms. The molecule has 1 amide bonds. The second kappa shape index (κ2) is 6.08. The maximum Gasteiger partial charge on any atom is 0.240 e. The van der Waals surface area contributed by atoms with E-state index in [1.807, 2.05) is 20.8 Å². The highest BCUT2D eigenvalue weighted by Gasteiger charge is 2.30. The van der Waals surface area contributed by atoms with E-state index < -0.39 is 11.6 Å². The van der Waals surface area contributed by atoms with E-state index in [4.69, 9.17) is 5.73 Å². The van der Waals surface area contributed by atoms with E-state index in [9.17, 15) is 9.90 Å². The number of amides is 1. The number of rotatable bonds is 6. The molecule has 4 nitrogen and oxygen atoms in total. The fourth-order valence-electron chi connectivity index (χ4n) is 1.51. The summed E-state index contributed by atoms with van der Waals surface area (Å²) in [5.74, 6) is -0.124. The maximum absolute atomic E-state index is 11.8. The SMILES string of the molecule is CCC(N)(CC)C(=O)NC(C)CC(C)O.